The summed E-state index contributed by atoms with van der Waals surface area (Å²) in [6.45, 7) is 2.07. The van der Waals surface area contributed by atoms with Crippen LogP contribution in [0.5, 0.6) is 0 Å². The molecule has 0 amide bonds. The Morgan fingerprint density at radius 1 is 0.952 bits per heavy atom. The summed E-state index contributed by atoms with van der Waals surface area (Å²) < 4.78 is 0. The highest BCUT2D eigenvalue weighted by Crippen LogP contribution is 2.42. The van der Waals surface area contributed by atoms with Gasteiger partial charge in [-0.05, 0) is 59.6 Å². The van der Waals surface area contributed by atoms with Crippen LogP contribution < -0.4 is 0 Å². The van der Waals surface area contributed by atoms with E-state index < -0.39 is 0 Å². The van der Waals surface area contributed by atoms with E-state index in [0.29, 0.717) is 12.3 Å². The van der Waals surface area contributed by atoms with Gasteiger partial charge in [0, 0.05) is 6.42 Å². The first-order valence-corrected chi connectivity index (χ1v) is 7.62. The Labute approximate surface area is 125 Å². The molecule has 0 heterocycles. The molecule has 2 aliphatic rings. The molecule has 0 radical (unpaired) electrons. The lowest BCUT2D eigenvalue weighted by Gasteiger charge is -2.23. The topological polar surface area (TPSA) is 17.1 Å². The third-order valence-electron chi connectivity index (χ3n) is 4.75. The van der Waals surface area contributed by atoms with Gasteiger partial charge in [0.1, 0.15) is 0 Å². The number of hydrogen-bond acceptors (Lipinski definition) is 1. The third kappa shape index (κ3) is 2.04. The van der Waals surface area contributed by atoms with Gasteiger partial charge in [-0.15, -0.1) is 0 Å². The zero-order valence-corrected chi connectivity index (χ0v) is 12.2. The van der Waals surface area contributed by atoms with Crippen LogP contribution >= 0.6 is 0 Å². The van der Waals surface area contributed by atoms with Crippen LogP contribution in [0.4, 0.5) is 0 Å². The van der Waals surface area contributed by atoms with Crippen molar-refractivity contribution < 1.29 is 4.79 Å². The van der Waals surface area contributed by atoms with Crippen molar-refractivity contribution in [2.45, 2.75) is 32.1 Å². The molecule has 1 unspecified atom stereocenters. The molecular formula is C20H18O. The Bertz CT molecular complexity index is 767. The van der Waals surface area contributed by atoms with Crippen LogP contribution in [0.15, 0.2) is 54.1 Å². The maximum absolute atomic E-state index is 11.9. The number of ketones is 1. The molecule has 4 rings (SSSR count). The molecule has 104 valence electrons. The van der Waals surface area contributed by atoms with E-state index in [-0.39, 0.29) is 5.78 Å². The minimum absolute atomic E-state index is 0.275. The van der Waals surface area contributed by atoms with E-state index in [4.69, 9.17) is 0 Å². The predicted octanol–water partition coefficient (Wildman–Crippen LogP) is 4.65. The summed E-state index contributed by atoms with van der Waals surface area (Å²) in [6, 6.07) is 15.2. The second-order valence-corrected chi connectivity index (χ2v) is 6.27. The molecular weight excluding hydrogens is 256 g/mol. The fourth-order valence-corrected chi connectivity index (χ4v) is 3.88. The molecule has 2 aromatic rings. The van der Waals surface area contributed by atoms with Gasteiger partial charge in [0.15, 0.2) is 5.78 Å². The summed E-state index contributed by atoms with van der Waals surface area (Å²) in [4.78, 5) is 11.9. The molecule has 2 aromatic carbocycles. The van der Waals surface area contributed by atoms with Crippen LogP contribution in [0, 0.1) is 0 Å². The highest BCUT2D eigenvalue weighted by Gasteiger charge is 2.27. The van der Waals surface area contributed by atoms with E-state index in [1.807, 2.05) is 6.08 Å². The molecule has 0 saturated carbocycles. The maximum Gasteiger partial charge on any atom is 0.156 e. The Hall–Kier alpha value is -2.15. The SMILES string of the molecule is CC1=CC(=O)CC(c2cccc3c2Cc2ccccc2-3)C1. The molecule has 0 bridgehead atoms. The largest absolute Gasteiger partial charge is 0.295 e. The van der Waals surface area contributed by atoms with Crippen LogP contribution in [0.3, 0.4) is 0 Å². The lowest BCUT2D eigenvalue weighted by molar-refractivity contribution is -0.115. The van der Waals surface area contributed by atoms with Gasteiger partial charge in [-0.2, -0.15) is 0 Å². The smallest absolute Gasteiger partial charge is 0.156 e. The van der Waals surface area contributed by atoms with Gasteiger partial charge < -0.3 is 0 Å². The van der Waals surface area contributed by atoms with Crippen molar-refractivity contribution >= 4 is 5.78 Å². The first kappa shape index (κ1) is 12.6. The average Bonchev–Trinajstić information content (AvgIpc) is 2.84. The number of hydrogen-bond donors (Lipinski definition) is 0. The lowest BCUT2D eigenvalue weighted by Crippen LogP contribution is -2.13. The normalized spacial score (nSPS) is 20.0. The van der Waals surface area contributed by atoms with Crippen molar-refractivity contribution in [3.8, 4) is 11.1 Å². The molecule has 1 atom stereocenters. The fourth-order valence-electron chi connectivity index (χ4n) is 3.88. The minimum atomic E-state index is 0.275. The monoisotopic (exact) mass is 274 g/mol. The van der Waals surface area contributed by atoms with Gasteiger partial charge in [0.05, 0.1) is 0 Å². The molecule has 0 spiro atoms. The Balaban J connectivity index is 1.80. The molecule has 0 N–H and O–H groups in total. The van der Waals surface area contributed by atoms with E-state index >= 15 is 0 Å². The number of carbonyl (C=O) groups is 1. The van der Waals surface area contributed by atoms with Crippen molar-refractivity contribution in [2.24, 2.45) is 0 Å². The molecule has 2 aliphatic carbocycles. The maximum atomic E-state index is 11.9. The Morgan fingerprint density at radius 3 is 2.62 bits per heavy atom. The summed E-state index contributed by atoms with van der Waals surface area (Å²) >= 11 is 0. The number of carbonyl (C=O) groups excluding carboxylic acids is 1. The van der Waals surface area contributed by atoms with Gasteiger partial charge >= 0.3 is 0 Å². The first-order chi connectivity index (χ1) is 10.2. The van der Waals surface area contributed by atoms with E-state index in [0.717, 1.165) is 12.8 Å². The third-order valence-corrected chi connectivity index (χ3v) is 4.75. The second kappa shape index (κ2) is 4.70. The van der Waals surface area contributed by atoms with E-state index in [1.54, 1.807) is 0 Å². The van der Waals surface area contributed by atoms with Crippen LogP contribution in [0.25, 0.3) is 11.1 Å². The quantitative estimate of drug-likeness (QED) is 0.631. The van der Waals surface area contributed by atoms with Crippen LogP contribution in [0.2, 0.25) is 0 Å². The molecule has 1 heteroatoms. The number of rotatable bonds is 1. The van der Waals surface area contributed by atoms with Gasteiger partial charge in [0.25, 0.3) is 0 Å². The Kier molecular flexibility index (Phi) is 2.81. The van der Waals surface area contributed by atoms with Crippen LogP contribution in [-0.2, 0) is 11.2 Å². The van der Waals surface area contributed by atoms with Crippen molar-refractivity contribution in [1.29, 1.82) is 0 Å². The average molecular weight is 274 g/mol. The van der Waals surface area contributed by atoms with Gasteiger partial charge in [-0.1, -0.05) is 48.0 Å². The van der Waals surface area contributed by atoms with Crippen molar-refractivity contribution in [2.75, 3.05) is 0 Å². The standard InChI is InChI=1S/C20H18O/c1-13-9-15(11-16(21)10-13)18-7-4-8-19-17-6-3-2-5-14(17)12-20(18)19/h2-8,10,15H,9,11-12H2,1H3. The molecule has 0 aromatic heterocycles. The van der Waals surface area contributed by atoms with Crippen molar-refractivity contribution in [1.82, 2.24) is 0 Å². The van der Waals surface area contributed by atoms with E-state index in [2.05, 4.69) is 49.4 Å². The summed E-state index contributed by atoms with van der Waals surface area (Å²) in [5.41, 5.74) is 8.17. The van der Waals surface area contributed by atoms with Gasteiger partial charge in [0.2, 0.25) is 0 Å². The van der Waals surface area contributed by atoms with Crippen molar-refractivity contribution in [3.05, 3.63) is 70.8 Å². The molecule has 0 saturated heterocycles. The lowest BCUT2D eigenvalue weighted by atomic mass is 9.81. The molecule has 0 fully saturated rings. The minimum Gasteiger partial charge on any atom is -0.295 e. The van der Waals surface area contributed by atoms with Crippen LogP contribution in [0.1, 0.15) is 42.4 Å². The predicted molar refractivity (Wildman–Crippen MR) is 85.4 cm³/mol. The second-order valence-electron chi connectivity index (χ2n) is 6.27. The molecule has 21 heavy (non-hydrogen) atoms. The van der Waals surface area contributed by atoms with Crippen molar-refractivity contribution in [3.63, 3.8) is 0 Å². The zero-order chi connectivity index (χ0) is 14.4. The van der Waals surface area contributed by atoms with Crippen LogP contribution in [-0.4, -0.2) is 5.78 Å². The molecule has 0 aliphatic heterocycles. The Morgan fingerprint density at radius 2 is 1.76 bits per heavy atom. The number of benzene rings is 2. The zero-order valence-electron chi connectivity index (χ0n) is 12.2. The number of allylic oxidation sites excluding steroid dienone is 2. The highest BCUT2D eigenvalue weighted by molar-refractivity contribution is 5.92. The van der Waals surface area contributed by atoms with Gasteiger partial charge in [-0.3, -0.25) is 4.79 Å². The summed E-state index contributed by atoms with van der Waals surface area (Å²) in [7, 11) is 0. The molecule has 1 nitrogen and oxygen atoms in total. The fraction of sp³-hybridized carbons (Fsp3) is 0.250. The number of fused-ring (bicyclic) bond motifs is 3. The summed E-state index contributed by atoms with van der Waals surface area (Å²) in [5.74, 6) is 0.628. The summed E-state index contributed by atoms with van der Waals surface area (Å²) in [6.07, 6.45) is 4.49. The van der Waals surface area contributed by atoms with E-state index in [9.17, 15) is 4.79 Å². The summed E-state index contributed by atoms with van der Waals surface area (Å²) in [5, 5.41) is 0. The van der Waals surface area contributed by atoms with E-state index in [1.165, 1.54) is 33.4 Å². The first-order valence-electron chi connectivity index (χ1n) is 7.62. The van der Waals surface area contributed by atoms with Gasteiger partial charge in [-0.25, -0.2) is 0 Å². The highest BCUT2D eigenvalue weighted by atomic mass is 16.1.